The van der Waals surface area contributed by atoms with Gasteiger partial charge in [0.2, 0.25) is 5.91 Å². The molecule has 9 nitrogen and oxygen atoms in total. The van der Waals surface area contributed by atoms with E-state index in [9.17, 15) is 24.6 Å². The molecular formula is C33H35N3O6. The molecule has 3 aromatic rings. The molecule has 2 N–H and O–H groups in total. The molecule has 0 unspecified atom stereocenters. The topological polar surface area (TPSA) is 111 Å². The number of nitrogens with zero attached hydrogens (tertiary/aromatic N) is 3. The quantitative estimate of drug-likeness (QED) is 0.338. The molecule has 9 heteroatoms. The van der Waals surface area contributed by atoms with Crippen molar-refractivity contribution in [3.05, 3.63) is 108 Å². The fourth-order valence-corrected chi connectivity index (χ4v) is 5.51. The van der Waals surface area contributed by atoms with Crippen LogP contribution in [-0.4, -0.2) is 59.3 Å². The summed E-state index contributed by atoms with van der Waals surface area (Å²) in [6.45, 7) is 3.06. The van der Waals surface area contributed by atoms with E-state index in [1.54, 1.807) is 47.1 Å². The number of cyclic esters (lactones) is 1. The van der Waals surface area contributed by atoms with Crippen LogP contribution in [0.2, 0.25) is 0 Å². The van der Waals surface area contributed by atoms with E-state index in [2.05, 4.69) is 0 Å². The van der Waals surface area contributed by atoms with Gasteiger partial charge in [-0.25, -0.2) is 4.79 Å². The van der Waals surface area contributed by atoms with Crippen molar-refractivity contribution in [3.63, 3.8) is 0 Å². The molecule has 1 saturated heterocycles. The average Bonchev–Trinajstić information content (AvgIpc) is 3.53. The smallest absolute Gasteiger partial charge is 0.414 e. The van der Waals surface area contributed by atoms with Gasteiger partial charge in [-0.3, -0.25) is 14.5 Å². The van der Waals surface area contributed by atoms with Crippen LogP contribution in [0.1, 0.15) is 30.0 Å². The van der Waals surface area contributed by atoms with Crippen molar-refractivity contribution in [1.29, 1.82) is 0 Å². The first kappa shape index (κ1) is 29.0. The number of aliphatic hydroxyl groups excluding tert-OH is 1. The molecule has 0 bridgehead atoms. The van der Waals surface area contributed by atoms with E-state index in [1.807, 2.05) is 60.7 Å². The van der Waals surface area contributed by atoms with Gasteiger partial charge in [0.05, 0.1) is 25.4 Å². The molecule has 3 amide bonds. The van der Waals surface area contributed by atoms with Crippen molar-refractivity contribution in [3.8, 4) is 0 Å². The first-order valence-electron chi connectivity index (χ1n) is 14.1. The van der Waals surface area contributed by atoms with E-state index in [4.69, 9.17) is 4.74 Å². The maximum Gasteiger partial charge on any atom is 0.414 e. The summed E-state index contributed by atoms with van der Waals surface area (Å²) in [6.07, 6.45) is 2.91. The summed E-state index contributed by atoms with van der Waals surface area (Å²) in [4.78, 5) is 43.9. The van der Waals surface area contributed by atoms with E-state index in [-0.39, 0.29) is 38.6 Å². The van der Waals surface area contributed by atoms with Gasteiger partial charge in [-0.2, -0.15) is 0 Å². The maximum atomic E-state index is 14.0. The van der Waals surface area contributed by atoms with Crippen LogP contribution in [0.3, 0.4) is 0 Å². The van der Waals surface area contributed by atoms with Crippen molar-refractivity contribution < 1.29 is 29.3 Å². The van der Waals surface area contributed by atoms with Gasteiger partial charge in [0.15, 0.2) is 5.60 Å². The highest BCUT2D eigenvalue weighted by atomic mass is 16.6. The third kappa shape index (κ3) is 5.79. The molecule has 1 fully saturated rings. The standard InChI is InChI=1S/C33H35N3O6/c1-24(9-8-14-30(38)34(17-19-37)22-25-10-4-2-5-11-25)33(41)28-21-27(35-18-20-42-32(35)40)15-16-29(28)36(31(33)39)23-26-12-6-3-7-13-26/h2-13,15-16,21,24,37,41H,14,17-20,22-23H2,1H3/b9-8+/t24-,33+/m1/s1. The van der Waals surface area contributed by atoms with Gasteiger partial charge >= 0.3 is 6.09 Å². The summed E-state index contributed by atoms with van der Waals surface area (Å²) in [5, 5.41) is 21.6. The van der Waals surface area contributed by atoms with Crippen LogP contribution in [0.4, 0.5) is 16.2 Å². The van der Waals surface area contributed by atoms with Crippen LogP contribution in [0, 0.1) is 5.92 Å². The lowest BCUT2D eigenvalue weighted by Gasteiger charge is -2.28. The van der Waals surface area contributed by atoms with E-state index in [0.29, 0.717) is 30.0 Å². The zero-order valence-corrected chi connectivity index (χ0v) is 23.6. The lowest BCUT2D eigenvalue weighted by molar-refractivity contribution is -0.139. The fraction of sp³-hybridized carbons (Fsp3) is 0.303. The molecule has 0 aliphatic carbocycles. The van der Waals surface area contributed by atoms with Gasteiger partial charge < -0.3 is 24.7 Å². The summed E-state index contributed by atoms with van der Waals surface area (Å²) in [7, 11) is 0. The van der Waals surface area contributed by atoms with Gasteiger partial charge in [0, 0.05) is 36.7 Å². The average molecular weight is 570 g/mol. The zero-order chi connectivity index (χ0) is 29.7. The molecule has 0 radical (unpaired) electrons. The predicted octanol–water partition coefficient (Wildman–Crippen LogP) is 3.98. The minimum absolute atomic E-state index is 0.0433. The van der Waals surface area contributed by atoms with Gasteiger partial charge in [-0.1, -0.05) is 79.7 Å². The fourth-order valence-electron chi connectivity index (χ4n) is 5.51. The Morgan fingerprint density at radius 2 is 1.74 bits per heavy atom. The van der Waals surface area contributed by atoms with Crippen LogP contribution >= 0.6 is 0 Å². The number of fused-ring (bicyclic) bond motifs is 1. The SMILES string of the molecule is C[C@H](/C=C/CC(=O)N(CCO)Cc1ccccc1)[C@@]1(O)C(=O)N(Cc2ccccc2)c2ccc(N3CCOC3=O)cc21. The number of carbonyl (C=O) groups is 3. The minimum atomic E-state index is -1.92. The Hall–Kier alpha value is -4.47. The number of anilines is 2. The van der Waals surface area contributed by atoms with E-state index in [1.165, 1.54) is 4.90 Å². The van der Waals surface area contributed by atoms with Crippen LogP contribution in [0.15, 0.2) is 91.0 Å². The van der Waals surface area contributed by atoms with Gasteiger partial charge in [-0.05, 0) is 29.3 Å². The van der Waals surface area contributed by atoms with Crippen LogP contribution in [-0.2, 0) is 33.0 Å². The summed E-state index contributed by atoms with van der Waals surface area (Å²) >= 11 is 0. The lowest BCUT2D eigenvalue weighted by Crippen LogP contribution is -2.44. The van der Waals surface area contributed by atoms with E-state index < -0.39 is 23.5 Å². The second-order valence-electron chi connectivity index (χ2n) is 10.6. The summed E-state index contributed by atoms with van der Waals surface area (Å²) in [6, 6.07) is 24.3. The predicted molar refractivity (Wildman–Crippen MR) is 159 cm³/mol. The Morgan fingerprint density at radius 1 is 1.05 bits per heavy atom. The van der Waals surface area contributed by atoms with Crippen molar-refractivity contribution in [2.75, 3.05) is 36.1 Å². The molecule has 2 atom stereocenters. The Balaban J connectivity index is 1.40. The van der Waals surface area contributed by atoms with Crippen molar-refractivity contribution in [2.24, 2.45) is 5.92 Å². The highest BCUT2D eigenvalue weighted by Crippen LogP contribution is 2.47. The van der Waals surface area contributed by atoms with Crippen LogP contribution in [0.5, 0.6) is 0 Å². The first-order valence-corrected chi connectivity index (χ1v) is 14.1. The Bertz CT molecular complexity index is 1460. The first-order chi connectivity index (χ1) is 20.3. The molecule has 2 aliphatic heterocycles. The molecule has 42 heavy (non-hydrogen) atoms. The van der Waals surface area contributed by atoms with Crippen LogP contribution in [0.25, 0.3) is 0 Å². The Morgan fingerprint density at radius 3 is 2.38 bits per heavy atom. The van der Waals surface area contributed by atoms with E-state index in [0.717, 1.165) is 11.1 Å². The number of rotatable bonds is 11. The molecule has 2 aliphatic rings. The number of amides is 3. The zero-order valence-electron chi connectivity index (χ0n) is 23.6. The van der Waals surface area contributed by atoms with Gasteiger partial charge in [0.25, 0.3) is 5.91 Å². The molecule has 3 aromatic carbocycles. The summed E-state index contributed by atoms with van der Waals surface area (Å²) in [5.41, 5.74) is 1.44. The number of benzene rings is 3. The van der Waals surface area contributed by atoms with Crippen LogP contribution < -0.4 is 9.80 Å². The highest BCUT2D eigenvalue weighted by molar-refractivity contribution is 6.08. The monoisotopic (exact) mass is 569 g/mol. The van der Waals surface area contributed by atoms with Crippen molar-refractivity contribution >= 4 is 29.3 Å². The number of hydrogen-bond donors (Lipinski definition) is 2. The van der Waals surface area contributed by atoms with Crippen molar-refractivity contribution in [2.45, 2.75) is 32.0 Å². The third-order valence-electron chi connectivity index (χ3n) is 7.82. The largest absolute Gasteiger partial charge is 0.447 e. The number of hydrogen-bond acceptors (Lipinski definition) is 6. The molecule has 0 aromatic heterocycles. The molecule has 2 heterocycles. The highest BCUT2D eigenvalue weighted by Gasteiger charge is 2.52. The number of aliphatic hydroxyl groups is 2. The summed E-state index contributed by atoms with van der Waals surface area (Å²) < 4.78 is 5.09. The normalized spacial score (nSPS) is 18.8. The second-order valence-corrected chi connectivity index (χ2v) is 10.6. The van der Waals surface area contributed by atoms with Gasteiger partial charge in [0.1, 0.15) is 6.61 Å². The molecule has 5 rings (SSSR count). The molecule has 0 spiro atoms. The Kier molecular flexibility index (Phi) is 8.70. The summed E-state index contributed by atoms with van der Waals surface area (Å²) in [5.74, 6) is -1.35. The number of carbonyl (C=O) groups excluding carboxylic acids is 3. The third-order valence-corrected chi connectivity index (χ3v) is 7.82. The lowest BCUT2D eigenvalue weighted by atomic mass is 9.82. The molecule has 218 valence electrons. The minimum Gasteiger partial charge on any atom is -0.447 e. The maximum absolute atomic E-state index is 14.0. The molecule has 0 saturated carbocycles. The van der Waals surface area contributed by atoms with Crippen molar-refractivity contribution in [1.82, 2.24) is 4.90 Å². The van der Waals surface area contributed by atoms with Gasteiger partial charge in [-0.15, -0.1) is 0 Å². The molecular weight excluding hydrogens is 534 g/mol. The number of ether oxygens (including phenoxy) is 1. The Labute approximate surface area is 245 Å². The van der Waals surface area contributed by atoms with E-state index >= 15 is 0 Å². The second kappa shape index (κ2) is 12.6.